The molecule has 1 aromatic rings. The molecule has 1 rings (SSSR count). The van der Waals surface area contributed by atoms with Crippen LogP contribution in [0.5, 0.6) is 0 Å². The number of anilines is 1. The van der Waals surface area contributed by atoms with Crippen LogP contribution in [-0.4, -0.2) is 17.6 Å². The summed E-state index contributed by atoms with van der Waals surface area (Å²) in [7, 11) is 0. The molecule has 0 aromatic carbocycles. The lowest BCUT2D eigenvalue weighted by Gasteiger charge is -2.16. The Balaban J connectivity index is 2.46. The molecule has 3 nitrogen and oxygen atoms in total. The van der Waals surface area contributed by atoms with Gasteiger partial charge in [0.2, 0.25) is 0 Å². The van der Waals surface area contributed by atoms with Crippen LogP contribution in [0.4, 0.5) is 5.82 Å². The molecule has 0 aliphatic heterocycles. The molecule has 72 valence electrons. The predicted octanol–water partition coefficient (Wildman–Crippen LogP) is 1.62. The van der Waals surface area contributed by atoms with E-state index in [1.807, 2.05) is 18.2 Å². The van der Waals surface area contributed by atoms with Gasteiger partial charge in [0.25, 0.3) is 0 Å². The number of aromatic nitrogens is 1. The summed E-state index contributed by atoms with van der Waals surface area (Å²) in [5.41, 5.74) is 5.50. The van der Waals surface area contributed by atoms with Gasteiger partial charge in [0, 0.05) is 12.2 Å². The molecule has 1 aromatic heterocycles. The van der Waals surface area contributed by atoms with E-state index in [4.69, 9.17) is 5.73 Å². The molecule has 0 amide bonds. The van der Waals surface area contributed by atoms with Gasteiger partial charge in [-0.25, -0.2) is 4.98 Å². The zero-order valence-electron chi connectivity index (χ0n) is 8.03. The quantitative estimate of drug-likeness (QED) is 0.722. The summed E-state index contributed by atoms with van der Waals surface area (Å²) < 4.78 is 0. The van der Waals surface area contributed by atoms with E-state index in [-0.39, 0.29) is 0 Å². The third-order valence-electron chi connectivity index (χ3n) is 2.02. The van der Waals surface area contributed by atoms with Crippen LogP contribution >= 0.6 is 0 Å². The molecule has 0 saturated heterocycles. The van der Waals surface area contributed by atoms with Gasteiger partial charge < -0.3 is 11.1 Å². The summed E-state index contributed by atoms with van der Waals surface area (Å²) in [6, 6.07) is 6.30. The van der Waals surface area contributed by atoms with Crippen molar-refractivity contribution in [3.63, 3.8) is 0 Å². The van der Waals surface area contributed by atoms with Crippen molar-refractivity contribution in [3.05, 3.63) is 24.4 Å². The van der Waals surface area contributed by atoms with Gasteiger partial charge in [-0.1, -0.05) is 13.0 Å². The van der Waals surface area contributed by atoms with Gasteiger partial charge in [-0.15, -0.1) is 0 Å². The fourth-order valence-electron chi connectivity index (χ4n) is 1.24. The normalized spacial score (nSPS) is 12.5. The molecule has 0 fully saturated rings. The standard InChI is InChI=1S/C10H17N3/c1-2-9(6-7-11)13-10-5-3-4-8-12-10/h3-5,8-9H,2,6-7,11H2,1H3,(H,12,13). The second-order valence-corrected chi connectivity index (χ2v) is 3.04. The molecule has 0 radical (unpaired) electrons. The number of hydrogen-bond acceptors (Lipinski definition) is 3. The van der Waals surface area contributed by atoms with Crippen molar-refractivity contribution in [2.45, 2.75) is 25.8 Å². The van der Waals surface area contributed by atoms with Crippen molar-refractivity contribution < 1.29 is 0 Å². The van der Waals surface area contributed by atoms with Crippen LogP contribution in [-0.2, 0) is 0 Å². The number of rotatable bonds is 5. The fraction of sp³-hybridized carbons (Fsp3) is 0.500. The average Bonchev–Trinajstić information content (AvgIpc) is 2.19. The van der Waals surface area contributed by atoms with Crippen LogP contribution in [0.25, 0.3) is 0 Å². The first-order chi connectivity index (χ1) is 6.36. The maximum absolute atomic E-state index is 5.50. The first-order valence-electron chi connectivity index (χ1n) is 4.74. The summed E-state index contributed by atoms with van der Waals surface area (Å²) in [5.74, 6) is 0.933. The van der Waals surface area contributed by atoms with E-state index in [2.05, 4.69) is 17.2 Å². The molecule has 3 heteroatoms. The number of nitrogens with zero attached hydrogens (tertiary/aromatic N) is 1. The van der Waals surface area contributed by atoms with Crippen molar-refractivity contribution >= 4 is 5.82 Å². The lowest BCUT2D eigenvalue weighted by molar-refractivity contribution is 0.639. The summed E-state index contributed by atoms with van der Waals surface area (Å²) >= 11 is 0. The zero-order chi connectivity index (χ0) is 9.52. The van der Waals surface area contributed by atoms with Crippen molar-refractivity contribution in [2.24, 2.45) is 5.73 Å². The Hall–Kier alpha value is -1.09. The highest BCUT2D eigenvalue weighted by atomic mass is 15.0. The van der Waals surface area contributed by atoms with E-state index in [1.165, 1.54) is 0 Å². The Kier molecular flexibility index (Phi) is 4.26. The number of hydrogen-bond donors (Lipinski definition) is 2. The SMILES string of the molecule is CCC(CCN)Nc1ccccn1. The average molecular weight is 179 g/mol. The lowest BCUT2D eigenvalue weighted by atomic mass is 10.1. The smallest absolute Gasteiger partial charge is 0.126 e. The van der Waals surface area contributed by atoms with Crippen molar-refractivity contribution in [2.75, 3.05) is 11.9 Å². The summed E-state index contributed by atoms with van der Waals surface area (Å²) in [4.78, 5) is 4.20. The Bertz CT molecular complexity index is 223. The summed E-state index contributed by atoms with van der Waals surface area (Å²) in [6.45, 7) is 2.87. The largest absolute Gasteiger partial charge is 0.367 e. The molecular formula is C10H17N3. The number of pyridine rings is 1. The topological polar surface area (TPSA) is 50.9 Å². The number of nitrogens with one attached hydrogen (secondary N) is 1. The third-order valence-corrected chi connectivity index (χ3v) is 2.02. The molecule has 0 aliphatic rings. The minimum atomic E-state index is 0.444. The summed E-state index contributed by atoms with van der Waals surface area (Å²) in [5, 5.41) is 3.34. The van der Waals surface area contributed by atoms with Crippen LogP contribution in [0.2, 0.25) is 0 Å². The first kappa shape index (κ1) is 9.99. The minimum absolute atomic E-state index is 0.444. The molecule has 1 unspecified atom stereocenters. The maximum Gasteiger partial charge on any atom is 0.126 e. The van der Waals surface area contributed by atoms with Crippen LogP contribution in [0.3, 0.4) is 0 Å². The predicted molar refractivity (Wildman–Crippen MR) is 55.6 cm³/mol. The monoisotopic (exact) mass is 179 g/mol. The van der Waals surface area contributed by atoms with Gasteiger partial charge in [-0.3, -0.25) is 0 Å². The second-order valence-electron chi connectivity index (χ2n) is 3.04. The highest BCUT2D eigenvalue weighted by Gasteiger charge is 2.04. The molecule has 1 heterocycles. The Labute approximate surface area is 79.4 Å². The minimum Gasteiger partial charge on any atom is -0.367 e. The molecule has 0 bridgehead atoms. The fourth-order valence-corrected chi connectivity index (χ4v) is 1.24. The molecular weight excluding hydrogens is 162 g/mol. The van der Waals surface area contributed by atoms with Gasteiger partial charge in [-0.2, -0.15) is 0 Å². The van der Waals surface area contributed by atoms with Crippen LogP contribution in [0.15, 0.2) is 24.4 Å². The van der Waals surface area contributed by atoms with Gasteiger partial charge in [0.1, 0.15) is 5.82 Å². The molecule has 13 heavy (non-hydrogen) atoms. The third kappa shape index (κ3) is 3.42. The molecule has 1 atom stereocenters. The number of nitrogens with two attached hydrogens (primary N) is 1. The van der Waals surface area contributed by atoms with Crippen molar-refractivity contribution in [1.82, 2.24) is 4.98 Å². The van der Waals surface area contributed by atoms with E-state index in [0.29, 0.717) is 6.04 Å². The van der Waals surface area contributed by atoms with Crippen LogP contribution < -0.4 is 11.1 Å². The van der Waals surface area contributed by atoms with Crippen molar-refractivity contribution in [1.29, 1.82) is 0 Å². The molecule has 0 aliphatic carbocycles. The van der Waals surface area contributed by atoms with Crippen molar-refractivity contribution in [3.8, 4) is 0 Å². The molecule has 0 spiro atoms. The first-order valence-corrected chi connectivity index (χ1v) is 4.74. The van der Waals surface area contributed by atoms with E-state index < -0.39 is 0 Å². The van der Waals surface area contributed by atoms with E-state index >= 15 is 0 Å². The van der Waals surface area contributed by atoms with E-state index in [0.717, 1.165) is 25.2 Å². The summed E-state index contributed by atoms with van der Waals surface area (Å²) in [6.07, 6.45) is 3.86. The highest BCUT2D eigenvalue weighted by molar-refractivity contribution is 5.34. The Morgan fingerprint density at radius 2 is 2.38 bits per heavy atom. The lowest BCUT2D eigenvalue weighted by Crippen LogP contribution is -2.22. The second kappa shape index (κ2) is 5.54. The highest BCUT2D eigenvalue weighted by Crippen LogP contribution is 2.06. The van der Waals surface area contributed by atoms with E-state index in [9.17, 15) is 0 Å². The maximum atomic E-state index is 5.50. The van der Waals surface area contributed by atoms with Gasteiger partial charge in [0.15, 0.2) is 0 Å². The van der Waals surface area contributed by atoms with Crippen LogP contribution in [0, 0.1) is 0 Å². The van der Waals surface area contributed by atoms with Gasteiger partial charge >= 0.3 is 0 Å². The van der Waals surface area contributed by atoms with Gasteiger partial charge in [-0.05, 0) is 31.5 Å². The zero-order valence-corrected chi connectivity index (χ0v) is 8.03. The van der Waals surface area contributed by atoms with E-state index in [1.54, 1.807) is 6.20 Å². The Morgan fingerprint density at radius 3 is 2.92 bits per heavy atom. The molecule has 3 N–H and O–H groups in total. The Morgan fingerprint density at radius 1 is 1.54 bits per heavy atom. The van der Waals surface area contributed by atoms with Crippen LogP contribution in [0.1, 0.15) is 19.8 Å². The molecule has 0 saturated carbocycles. The van der Waals surface area contributed by atoms with Gasteiger partial charge in [0.05, 0.1) is 0 Å².